The first-order chi connectivity index (χ1) is 14.9. The van der Waals surface area contributed by atoms with E-state index in [0.717, 1.165) is 16.7 Å². The van der Waals surface area contributed by atoms with Crippen LogP contribution in [0.15, 0.2) is 64.2 Å². The molecule has 0 fully saturated rings. The van der Waals surface area contributed by atoms with Crippen molar-refractivity contribution in [3.05, 3.63) is 98.0 Å². The summed E-state index contributed by atoms with van der Waals surface area (Å²) in [5.74, 6) is 0.334. The Labute approximate surface area is 178 Å². The second kappa shape index (κ2) is 8.43. The summed E-state index contributed by atoms with van der Waals surface area (Å²) in [6, 6.07) is 17.6. The van der Waals surface area contributed by atoms with Crippen molar-refractivity contribution >= 4 is 17.1 Å². The average Bonchev–Trinajstić information content (AvgIpc) is 3.21. The molecule has 0 aliphatic carbocycles. The van der Waals surface area contributed by atoms with Crippen LogP contribution in [-0.2, 0) is 18.3 Å². The molecule has 4 aromatic rings. The Morgan fingerprint density at radius 1 is 1.03 bits per heavy atom. The summed E-state index contributed by atoms with van der Waals surface area (Å²) in [6.45, 7) is 2.02. The lowest BCUT2D eigenvalue weighted by molar-refractivity contribution is -0.121. The van der Waals surface area contributed by atoms with E-state index in [2.05, 4.69) is 20.3 Å². The Hall–Kier alpha value is -3.94. The molecular formula is C23H23N5O3. The molecule has 0 spiro atoms. The van der Waals surface area contributed by atoms with Crippen LogP contribution in [0, 0.1) is 6.92 Å². The summed E-state index contributed by atoms with van der Waals surface area (Å²) in [5, 5.41) is 3.10. The molecule has 1 amide bonds. The number of fused-ring (bicyclic) bond motifs is 1. The molecule has 0 aliphatic rings. The number of carbonyl (C=O) groups excluding carboxylic acids is 1. The molecule has 1 unspecified atom stereocenters. The zero-order valence-corrected chi connectivity index (χ0v) is 17.3. The summed E-state index contributed by atoms with van der Waals surface area (Å²) < 4.78 is 1.26. The van der Waals surface area contributed by atoms with Crippen molar-refractivity contribution in [2.45, 2.75) is 25.8 Å². The van der Waals surface area contributed by atoms with Gasteiger partial charge in [0, 0.05) is 19.9 Å². The smallest absolute Gasteiger partial charge is 0.329 e. The Kier molecular flexibility index (Phi) is 5.53. The van der Waals surface area contributed by atoms with Crippen LogP contribution < -0.4 is 16.6 Å². The van der Waals surface area contributed by atoms with E-state index in [4.69, 9.17) is 0 Å². The van der Waals surface area contributed by atoms with Crippen LogP contribution in [0.4, 0.5) is 0 Å². The number of H-pyrrole nitrogens is 2. The van der Waals surface area contributed by atoms with Crippen LogP contribution >= 0.6 is 0 Å². The zero-order chi connectivity index (χ0) is 22.0. The lowest BCUT2D eigenvalue weighted by Crippen LogP contribution is -2.29. The molecule has 0 bridgehead atoms. The first-order valence-corrected chi connectivity index (χ1v) is 10.0. The third-order valence-corrected chi connectivity index (χ3v) is 5.24. The van der Waals surface area contributed by atoms with Crippen molar-refractivity contribution in [2.75, 3.05) is 0 Å². The van der Waals surface area contributed by atoms with Gasteiger partial charge < -0.3 is 10.3 Å². The summed E-state index contributed by atoms with van der Waals surface area (Å²) in [4.78, 5) is 45.9. The van der Waals surface area contributed by atoms with Gasteiger partial charge in [-0.25, -0.2) is 9.78 Å². The maximum absolute atomic E-state index is 12.8. The van der Waals surface area contributed by atoms with Crippen molar-refractivity contribution < 1.29 is 4.79 Å². The zero-order valence-electron chi connectivity index (χ0n) is 17.3. The van der Waals surface area contributed by atoms with Gasteiger partial charge in [-0.2, -0.15) is 0 Å². The fourth-order valence-electron chi connectivity index (χ4n) is 3.50. The van der Waals surface area contributed by atoms with Crippen molar-refractivity contribution in [3.8, 4) is 0 Å². The third-order valence-electron chi connectivity index (χ3n) is 5.24. The van der Waals surface area contributed by atoms with E-state index in [-0.39, 0.29) is 29.5 Å². The molecule has 8 heteroatoms. The maximum Gasteiger partial charge on any atom is 0.329 e. The van der Waals surface area contributed by atoms with E-state index in [9.17, 15) is 14.4 Å². The van der Waals surface area contributed by atoms with Crippen LogP contribution in [0.1, 0.15) is 35.0 Å². The Morgan fingerprint density at radius 3 is 2.42 bits per heavy atom. The van der Waals surface area contributed by atoms with Crippen molar-refractivity contribution in [1.82, 2.24) is 24.8 Å². The molecule has 1 atom stereocenters. The largest absolute Gasteiger partial charge is 0.345 e. The summed E-state index contributed by atoms with van der Waals surface area (Å²) in [6.07, 6.45) is 0.490. The monoisotopic (exact) mass is 417 g/mol. The predicted octanol–water partition coefficient (Wildman–Crippen LogP) is 2.10. The quantitative estimate of drug-likeness (QED) is 0.446. The topological polar surface area (TPSA) is 113 Å². The van der Waals surface area contributed by atoms with E-state index in [1.165, 1.54) is 11.6 Å². The van der Waals surface area contributed by atoms with Crippen LogP contribution in [0.3, 0.4) is 0 Å². The van der Waals surface area contributed by atoms with Crippen molar-refractivity contribution in [1.29, 1.82) is 0 Å². The average molecular weight is 417 g/mol. The van der Waals surface area contributed by atoms with E-state index in [0.29, 0.717) is 12.2 Å². The molecule has 0 saturated heterocycles. The van der Waals surface area contributed by atoms with Gasteiger partial charge in [0.05, 0.1) is 6.04 Å². The van der Waals surface area contributed by atoms with Gasteiger partial charge in [0.2, 0.25) is 5.91 Å². The fraction of sp³-hybridized carbons (Fsp3) is 0.217. The minimum atomic E-state index is -0.530. The molecule has 0 saturated carbocycles. The highest BCUT2D eigenvalue weighted by Gasteiger charge is 2.18. The molecule has 3 N–H and O–H groups in total. The number of aromatic nitrogens is 4. The predicted molar refractivity (Wildman–Crippen MR) is 118 cm³/mol. The highest BCUT2D eigenvalue weighted by Crippen LogP contribution is 2.22. The number of aromatic amines is 2. The summed E-state index contributed by atoms with van der Waals surface area (Å²) in [7, 11) is 1.53. The number of rotatable bonds is 6. The number of hydrogen-bond donors (Lipinski definition) is 3. The molecule has 8 nitrogen and oxygen atoms in total. The van der Waals surface area contributed by atoms with Gasteiger partial charge in [-0.05, 0) is 18.1 Å². The van der Waals surface area contributed by atoms with Crippen molar-refractivity contribution in [3.63, 3.8) is 0 Å². The molecule has 158 valence electrons. The summed E-state index contributed by atoms with van der Waals surface area (Å²) in [5.41, 5.74) is 2.57. The summed E-state index contributed by atoms with van der Waals surface area (Å²) >= 11 is 0. The minimum Gasteiger partial charge on any atom is -0.345 e. The van der Waals surface area contributed by atoms with E-state index >= 15 is 0 Å². The van der Waals surface area contributed by atoms with Gasteiger partial charge in [0.15, 0.2) is 5.65 Å². The highest BCUT2D eigenvalue weighted by molar-refractivity contribution is 5.77. The second-order valence-corrected chi connectivity index (χ2v) is 7.52. The Morgan fingerprint density at radius 2 is 1.71 bits per heavy atom. The molecule has 0 aliphatic heterocycles. The lowest BCUT2D eigenvalue weighted by Gasteiger charge is -2.20. The third kappa shape index (κ3) is 4.32. The number of hydrogen-bond acceptors (Lipinski definition) is 4. The van der Waals surface area contributed by atoms with Crippen LogP contribution in [0.25, 0.3) is 11.2 Å². The second-order valence-electron chi connectivity index (χ2n) is 7.52. The SMILES string of the molecule is Cc1ccc(C(NC(=O)CCc2nc3c([nH]2)c(=O)[nH]c(=O)n3C)c2ccccc2)cc1. The van der Waals surface area contributed by atoms with Gasteiger partial charge in [-0.3, -0.25) is 19.1 Å². The molecular weight excluding hydrogens is 394 g/mol. The highest BCUT2D eigenvalue weighted by atomic mass is 16.2. The van der Waals surface area contributed by atoms with Crippen molar-refractivity contribution in [2.24, 2.45) is 7.05 Å². The van der Waals surface area contributed by atoms with E-state index in [1.54, 1.807) is 0 Å². The first-order valence-electron chi connectivity index (χ1n) is 10.0. The minimum absolute atomic E-state index is 0.141. The number of imidazole rings is 1. The lowest BCUT2D eigenvalue weighted by atomic mass is 9.97. The van der Waals surface area contributed by atoms with Gasteiger partial charge in [0.1, 0.15) is 11.3 Å². The maximum atomic E-state index is 12.8. The van der Waals surface area contributed by atoms with E-state index in [1.807, 2.05) is 61.5 Å². The fourth-order valence-corrected chi connectivity index (χ4v) is 3.50. The molecule has 2 aromatic heterocycles. The number of nitrogens with one attached hydrogen (secondary N) is 3. The Balaban J connectivity index is 1.52. The molecule has 2 aromatic carbocycles. The Bertz CT molecular complexity index is 1330. The first kappa shape index (κ1) is 20.3. The number of amides is 1. The van der Waals surface area contributed by atoms with Gasteiger partial charge >= 0.3 is 5.69 Å². The van der Waals surface area contributed by atoms with Crippen LogP contribution in [0.2, 0.25) is 0 Å². The standard InChI is InChI=1S/C23H23N5O3/c1-14-8-10-16(11-9-14)19(15-6-4-3-5-7-15)26-18(29)13-12-17-24-20-21(25-17)28(2)23(31)27-22(20)30/h3-11,19H,12-13H2,1-2H3,(H,24,25)(H,26,29)(H,27,30,31). The van der Waals surface area contributed by atoms with Crippen LogP contribution in [0.5, 0.6) is 0 Å². The normalized spacial score (nSPS) is 12.1. The number of nitrogens with zero attached hydrogens (tertiary/aromatic N) is 2. The van der Waals surface area contributed by atoms with Crippen LogP contribution in [-0.4, -0.2) is 25.4 Å². The van der Waals surface area contributed by atoms with Gasteiger partial charge in [0.25, 0.3) is 5.56 Å². The molecule has 4 rings (SSSR count). The molecule has 0 radical (unpaired) electrons. The number of carbonyl (C=O) groups is 1. The number of aryl methyl sites for hydroxylation is 3. The van der Waals surface area contributed by atoms with E-state index < -0.39 is 11.2 Å². The van der Waals surface area contributed by atoms with Gasteiger partial charge in [-0.1, -0.05) is 60.2 Å². The van der Waals surface area contributed by atoms with Gasteiger partial charge in [-0.15, -0.1) is 0 Å². The number of benzene rings is 2. The molecule has 2 heterocycles. The molecule has 31 heavy (non-hydrogen) atoms.